The summed E-state index contributed by atoms with van der Waals surface area (Å²) in [5.74, 6) is 0. The Morgan fingerprint density at radius 1 is 1.15 bits per heavy atom. The number of hydrogen-bond acceptors (Lipinski definition) is 3. The largest absolute Gasteiger partial charge is 0.348 e. The molecule has 0 radical (unpaired) electrons. The van der Waals surface area contributed by atoms with Crippen molar-refractivity contribution >= 4 is 23.5 Å². The monoisotopic (exact) mass is 282 g/mol. The highest BCUT2D eigenvalue weighted by Crippen LogP contribution is 2.27. The lowest BCUT2D eigenvalue weighted by atomic mass is 10.1. The third-order valence-corrected chi connectivity index (χ3v) is 3.61. The molecule has 0 unspecified atom stereocenters. The minimum atomic E-state index is -0.217. The summed E-state index contributed by atoms with van der Waals surface area (Å²) in [5.41, 5.74) is 2.33. The van der Waals surface area contributed by atoms with Crippen molar-refractivity contribution < 1.29 is 0 Å². The van der Waals surface area contributed by atoms with E-state index in [9.17, 15) is 4.79 Å². The second kappa shape index (κ2) is 5.13. The quantitative estimate of drug-likeness (QED) is 0.731. The number of nitrogens with zero attached hydrogens (tertiary/aromatic N) is 2. The summed E-state index contributed by atoms with van der Waals surface area (Å²) in [4.78, 5) is 17.3. The van der Waals surface area contributed by atoms with Gasteiger partial charge in [0.15, 0.2) is 0 Å². The predicted octanol–water partition coefficient (Wildman–Crippen LogP) is 3.37. The second-order valence-electron chi connectivity index (χ2n) is 4.55. The molecule has 0 amide bonds. The van der Waals surface area contributed by atoms with Gasteiger partial charge in [-0.1, -0.05) is 30.3 Å². The summed E-state index contributed by atoms with van der Waals surface area (Å²) in [5, 5.41) is 0.949. The summed E-state index contributed by atoms with van der Waals surface area (Å²) < 4.78 is 1.68. The highest BCUT2D eigenvalue weighted by Gasteiger charge is 2.11. The van der Waals surface area contributed by atoms with Crippen LogP contribution in [0.2, 0.25) is 0 Å². The van der Waals surface area contributed by atoms with Crippen LogP contribution in [0.25, 0.3) is 22.2 Å². The van der Waals surface area contributed by atoms with E-state index in [0.29, 0.717) is 12.2 Å². The predicted molar refractivity (Wildman–Crippen MR) is 84.4 cm³/mol. The van der Waals surface area contributed by atoms with Gasteiger partial charge < -0.3 is 0 Å². The van der Waals surface area contributed by atoms with Crippen LogP contribution in [0.3, 0.4) is 0 Å². The van der Waals surface area contributed by atoms with Crippen molar-refractivity contribution in [2.75, 3.05) is 0 Å². The zero-order valence-corrected chi connectivity index (χ0v) is 12.0. The molecule has 1 aromatic heterocycles. The van der Waals surface area contributed by atoms with E-state index in [4.69, 9.17) is 0 Å². The van der Waals surface area contributed by atoms with Gasteiger partial charge in [0.1, 0.15) is 0 Å². The molecule has 3 aromatic rings. The standard InChI is InChI=1S/C16H14N2OS/c1-2-18-14-9-8-12(20)10-13(14)15(17-16(18)19)11-6-4-3-5-7-11/h3-10,20H,2H2,1H3. The van der Waals surface area contributed by atoms with E-state index in [1.165, 1.54) is 0 Å². The summed E-state index contributed by atoms with van der Waals surface area (Å²) in [6.07, 6.45) is 0. The van der Waals surface area contributed by atoms with Gasteiger partial charge in [-0.05, 0) is 25.1 Å². The van der Waals surface area contributed by atoms with Gasteiger partial charge in [0, 0.05) is 22.4 Å². The molecule has 3 nitrogen and oxygen atoms in total. The fraction of sp³-hybridized carbons (Fsp3) is 0.125. The van der Waals surface area contributed by atoms with E-state index < -0.39 is 0 Å². The van der Waals surface area contributed by atoms with E-state index in [2.05, 4.69) is 17.6 Å². The molecule has 0 aliphatic heterocycles. The van der Waals surface area contributed by atoms with Gasteiger partial charge in [-0.2, -0.15) is 4.98 Å². The molecule has 0 atom stereocenters. The minimum absolute atomic E-state index is 0.217. The Bertz CT molecular complexity index is 825. The van der Waals surface area contributed by atoms with Gasteiger partial charge in [0.2, 0.25) is 0 Å². The molecule has 2 aromatic carbocycles. The minimum Gasteiger partial charge on any atom is -0.292 e. The fourth-order valence-electron chi connectivity index (χ4n) is 2.39. The summed E-state index contributed by atoms with van der Waals surface area (Å²) in [6.45, 7) is 2.54. The van der Waals surface area contributed by atoms with E-state index in [0.717, 1.165) is 21.4 Å². The van der Waals surface area contributed by atoms with Crippen LogP contribution in [0.15, 0.2) is 58.2 Å². The van der Waals surface area contributed by atoms with E-state index in [1.54, 1.807) is 4.57 Å². The Hall–Kier alpha value is -2.07. The maximum atomic E-state index is 12.2. The molecule has 0 aliphatic rings. The van der Waals surface area contributed by atoms with E-state index in [-0.39, 0.29) is 5.69 Å². The van der Waals surface area contributed by atoms with Crippen molar-refractivity contribution in [3.8, 4) is 11.3 Å². The lowest BCUT2D eigenvalue weighted by Gasteiger charge is -2.11. The zero-order valence-electron chi connectivity index (χ0n) is 11.1. The number of aromatic nitrogens is 2. The van der Waals surface area contributed by atoms with Crippen LogP contribution in [0.4, 0.5) is 0 Å². The number of rotatable bonds is 2. The van der Waals surface area contributed by atoms with Crippen molar-refractivity contribution in [2.45, 2.75) is 18.4 Å². The van der Waals surface area contributed by atoms with Crippen LogP contribution in [0, 0.1) is 0 Å². The maximum absolute atomic E-state index is 12.2. The molecule has 20 heavy (non-hydrogen) atoms. The number of thiol groups is 1. The van der Waals surface area contributed by atoms with Crippen LogP contribution in [-0.4, -0.2) is 9.55 Å². The molecular formula is C16H14N2OS. The molecule has 0 spiro atoms. The van der Waals surface area contributed by atoms with Gasteiger partial charge in [-0.15, -0.1) is 12.6 Å². The second-order valence-corrected chi connectivity index (χ2v) is 5.07. The Balaban J connectivity index is 2.44. The van der Waals surface area contributed by atoms with Crippen molar-refractivity contribution in [1.82, 2.24) is 9.55 Å². The third-order valence-electron chi connectivity index (χ3n) is 3.33. The molecule has 4 heteroatoms. The Kier molecular flexibility index (Phi) is 3.32. The van der Waals surface area contributed by atoms with E-state index >= 15 is 0 Å². The Labute approximate surface area is 122 Å². The summed E-state index contributed by atoms with van der Waals surface area (Å²) in [7, 11) is 0. The Morgan fingerprint density at radius 2 is 1.90 bits per heavy atom. The summed E-state index contributed by atoms with van der Waals surface area (Å²) >= 11 is 4.39. The van der Waals surface area contributed by atoms with Crippen molar-refractivity contribution in [2.24, 2.45) is 0 Å². The molecular weight excluding hydrogens is 268 g/mol. The van der Waals surface area contributed by atoms with Crippen LogP contribution >= 0.6 is 12.6 Å². The molecule has 0 bridgehead atoms. The molecule has 100 valence electrons. The lowest BCUT2D eigenvalue weighted by molar-refractivity contribution is 0.732. The van der Waals surface area contributed by atoms with Gasteiger partial charge in [-0.25, -0.2) is 4.79 Å². The molecule has 3 rings (SSSR count). The van der Waals surface area contributed by atoms with Crippen molar-refractivity contribution in [3.05, 3.63) is 59.0 Å². The first-order valence-corrected chi connectivity index (χ1v) is 6.94. The number of benzene rings is 2. The molecule has 0 saturated carbocycles. The third kappa shape index (κ3) is 2.12. The number of hydrogen-bond donors (Lipinski definition) is 1. The lowest BCUT2D eigenvalue weighted by Crippen LogP contribution is -2.23. The van der Waals surface area contributed by atoms with Gasteiger partial charge in [0.05, 0.1) is 11.2 Å². The zero-order chi connectivity index (χ0) is 14.1. The molecule has 1 heterocycles. The first-order chi connectivity index (χ1) is 9.70. The first kappa shape index (κ1) is 12.9. The smallest absolute Gasteiger partial charge is 0.292 e. The first-order valence-electron chi connectivity index (χ1n) is 6.49. The van der Waals surface area contributed by atoms with Gasteiger partial charge >= 0.3 is 5.69 Å². The molecule has 0 N–H and O–H groups in total. The summed E-state index contributed by atoms with van der Waals surface area (Å²) in [6, 6.07) is 15.5. The van der Waals surface area contributed by atoms with Crippen molar-refractivity contribution in [1.29, 1.82) is 0 Å². The van der Waals surface area contributed by atoms with E-state index in [1.807, 2.05) is 55.5 Å². The number of aryl methyl sites for hydroxylation is 1. The molecule has 0 saturated heterocycles. The Morgan fingerprint density at radius 3 is 2.60 bits per heavy atom. The maximum Gasteiger partial charge on any atom is 0.348 e. The topological polar surface area (TPSA) is 34.9 Å². The van der Waals surface area contributed by atoms with Crippen LogP contribution in [-0.2, 0) is 6.54 Å². The average molecular weight is 282 g/mol. The highest BCUT2D eigenvalue weighted by molar-refractivity contribution is 7.80. The van der Waals surface area contributed by atoms with Gasteiger partial charge in [0.25, 0.3) is 0 Å². The number of fused-ring (bicyclic) bond motifs is 1. The van der Waals surface area contributed by atoms with Crippen LogP contribution in [0.5, 0.6) is 0 Å². The fourth-order valence-corrected chi connectivity index (χ4v) is 2.59. The average Bonchev–Trinajstić information content (AvgIpc) is 2.48. The van der Waals surface area contributed by atoms with Crippen LogP contribution < -0.4 is 5.69 Å². The van der Waals surface area contributed by atoms with Gasteiger partial charge in [-0.3, -0.25) is 4.57 Å². The normalized spacial score (nSPS) is 10.9. The van der Waals surface area contributed by atoms with Crippen molar-refractivity contribution in [3.63, 3.8) is 0 Å². The molecule has 0 aliphatic carbocycles. The van der Waals surface area contributed by atoms with Crippen LogP contribution in [0.1, 0.15) is 6.92 Å². The molecule has 0 fully saturated rings. The highest BCUT2D eigenvalue weighted by atomic mass is 32.1. The SMILES string of the molecule is CCn1c(=O)nc(-c2ccccc2)c2cc(S)ccc21.